The van der Waals surface area contributed by atoms with Gasteiger partial charge in [-0.15, -0.1) is 11.3 Å². The van der Waals surface area contributed by atoms with Crippen LogP contribution in [0.15, 0.2) is 48.5 Å². The zero-order valence-corrected chi connectivity index (χ0v) is 19.3. The fraction of sp³-hybridized carbons (Fsp3) is 0.385. The second-order valence-corrected chi connectivity index (χ2v) is 12.0. The highest BCUT2D eigenvalue weighted by Crippen LogP contribution is 2.32. The van der Waals surface area contributed by atoms with Gasteiger partial charge in [0.2, 0.25) is 0 Å². The van der Waals surface area contributed by atoms with E-state index in [4.69, 9.17) is 0 Å². The molecule has 0 N–H and O–H groups in total. The highest BCUT2D eigenvalue weighted by molar-refractivity contribution is 7.15. The summed E-state index contributed by atoms with van der Waals surface area (Å²) in [7, 11) is -0.658. The molecule has 0 aliphatic carbocycles. The molecule has 0 spiro atoms. The van der Waals surface area contributed by atoms with Gasteiger partial charge in [-0.1, -0.05) is 93.5 Å². The molecule has 2 heteroatoms. The normalized spacial score (nSPS) is 13.0. The summed E-state index contributed by atoms with van der Waals surface area (Å²) in [6.45, 7) is 6.74. The smallest absolute Gasteiger partial charge is 0.123 e. The van der Waals surface area contributed by atoms with Crippen LogP contribution in [0.3, 0.4) is 0 Å². The van der Waals surface area contributed by atoms with E-state index in [0.29, 0.717) is 0 Å². The van der Waals surface area contributed by atoms with Crippen LogP contribution in [-0.4, -0.2) is 8.80 Å². The molecule has 2 aromatic carbocycles. The Morgan fingerprint density at radius 3 is 2.21 bits per heavy atom. The van der Waals surface area contributed by atoms with Crippen LogP contribution in [0, 0.1) is 13.8 Å². The molecule has 2 heterocycles. The van der Waals surface area contributed by atoms with Crippen LogP contribution in [0.1, 0.15) is 55.9 Å². The van der Waals surface area contributed by atoms with Crippen molar-refractivity contribution in [3.8, 4) is 21.6 Å². The van der Waals surface area contributed by atoms with Gasteiger partial charge in [0.25, 0.3) is 0 Å². The molecule has 0 saturated carbocycles. The first-order valence-corrected chi connectivity index (χ1v) is 13.4. The average Bonchev–Trinajstić information content (AvgIpc) is 3.25. The number of unbranched alkanes of at least 4 members (excludes halogenated alkanes) is 5. The van der Waals surface area contributed by atoms with E-state index >= 15 is 0 Å². The van der Waals surface area contributed by atoms with Gasteiger partial charge in [0.1, 0.15) is 8.80 Å². The molecule has 1 aromatic heterocycles. The van der Waals surface area contributed by atoms with Gasteiger partial charge in [-0.3, -0.25) is 0 Å². The van der Waals surface area contributed by atoms with Crippen molar-refractivity contribution in [3.05, 3.63) is 59.0 Å². The van der Waals surface area contributed by atoms with Crippen molar-refractivity contribution in [3.63, 3.8) is 0 Å². The number of rotatable bonds is 8. The average molecular weight is 404 g/mol. The van der Waals surface area contributed by atoms with Crippen LogP contribution in [0.2, 0.25) is 6.04 Å². The Hall–Kier alpha value is -1.64. The third-order valence-corrected chi connectivity index (χ3v) is 9.97. The van der Waals surface area contributed by atoms with Crippen LogP contribution in [0.5, 0.6) is 0 Å². The quantitative estimate of drug-likeness (QED) is 0.281. The summed E-state index contributed by atoms with van der Waals surface area (Å²) in [6, 6.07) is 20.3. The van der Waals surface area contributed by atoms with Gasteiger partial charge in [-0.2, -0.15) is 0 Å². The van der Waals surface area contributed by atoms with E-state index in [-0.39, 0.29) is 0 Å². The van der Waals surface area contributed by atoms with Crippen LogP contribution in [0.25, 0.3) is 21.6 Å². The lowest BCUT2D eigenvalue weighted by Crippen LogP contribution is -2.37. The van der Waals surface area contributed by atoms with Crippen molar-refractivity contribution in [2.24, 2.45) is 0 Å². The summed E-state index contributed by atoms with van der Waals surface area (Å²) in [6.07, 6.45) is 8.33. The molecule has 1 aliphatic rings. The Bertz CT molecular complexity index is 953. The maximum absolute atomic E-state index is 2.53. The van der Waals surface area contributed by atoms with Gasteiger partial charge in [0.05, 0.1) is 0 Å². The molecule has 0 fully saturated rings. The van der Waals surface area contributed by atoms with E-state index in [1.54, 1.807) is 10.4 Å². The maximum atomic E-state index is 2.53. The van der Waals surface area contributed by atoms with E-state index < -0.39 is 8.80 Å². The summed E-state index contributed by atoms with van der Waals surface area (Å²) in [5, 5.41) is 3.32. The molecule has 4 rings (SSSR count). The van der Waals surface area contributed by atoms with Crippen LogP contribution >= 0.6 is 11.3 Å². The summed E-state index contributed by atoms with van der Waals surface area (Å²) in [5.74, 6) is 0. The van der Waals surface area contributed by atoms with E-state index in [1.165, 1.54) is 76.6 Å². The molecular formula is C26H31SSi. The number of aryl methyl sites for hydroxylation is 2. The van der Waals surface area contributed by atoms with Crippen LogP contribution in [-0.2, 0) is 0 Å². The fourth-order valence-corrected chi connectivity index (χ4v) is 8.53. The van der Waals surface area contributed by atoms with E-state index in [2.05, 4.69) is 69.3 Å². The van der Waals surface area contributed by atoms with Crippen LogP contribution in [0.4, 0.5) is 0 Å². The molecule has 145 valence electrons. The Kier molecular flexibility index (Phi) is 6.18. The zero-order chi connectivity index (χ0) is 19.5. The molecule has 0 bridgehead atoms. The standard InChI is InChI=1S/C26H31SSi/c1-4-5-6-7-8-9-16-28-25-17-19(2)10-13-22(25)23-14-12-21(18-26(23)28)24-15-11-20(3)27-24/h10-15,17-18H,4-9,16H2,1-3H3. The number of fused-ring (bicyclic) bond motifs is 3. The molecular weight excluding hydrogens is 372 g/mol. The first kappa shape index (κ1) is 19.7. The maximum Gasteiger partial charge on any atom is 0.123 e. The zero-order valence-electron chi connectivity index (χ0n) is 17.5. The second kappa shape index (κ2) is 8.80. The number of benzene rings is 2. The monoisotopic (exact) mass is 403 g/mol. The molecule has 0 unspecified atom stereocenters. The van der Waals surface area contributed by atoms with Gasteiger partial charge in [-0.05, 0) is 53.0 Å². The predicted octanol–water partition coefficient (Wildman–Crippen LogP) is 6.98. The van der Waals surface area contributed by atoms with Crippen molar-refractivity contribution in [1.29, 1.82) is 0 Å². The molecule has 1 aliphatic heterocycles. The minimum absolute atomic E-state index is 0.658. The molecule has 1 radical (unpaired) electrons. The minimum atomic E-state index is -0.658. The third kappa shape index (κ3) is 4.04. The fourth-order valence-electron chi connectivity index (χ4n) is 4.41. The lowest BCUT2D eigenvalue weighted by atomic mass is 10.0. The van der Waals surface area contributed by atoms with Gasteiger partial charge < -0.3 is 0 Å². The van der Waals surface area contributed by atoms with Crippen LogP contribution < -0.4 is 10.4 Å². The first-order valence-electron chi connectivity index (χ1n) is 10.9. The molecule has 28 heavy (non-hydrogen) atoms. The summed E-state index contributed by atoms with van der Waals surface area (Å²) >= 11 is 1.91. The Morgan fingerprint density at radius 1 is 0.750 bits per heavy atom. The summed E-state index contributed by atoms with van der Waals surface area (Å²) in [4.78, 5) is 2.81. The van der Waals surface area contributed by atoms with Crippen molar-refractivity contribution in [2.45, 2.75) is 65.3 Å². The van der Waals surface area contributed by atoms with Gasteiger partial charge in [-0.25, -0.2) is 0 Å². The lowest BCUT2D eigenvalue weighted by molar-refractivity contribution is 0.624. The Labute approximate surface area is 176 Å². The van der Waals surface area contributed by atoms with Gasteiger partial charge in [0, 0.05) is 9.75 Å². The Balaban J connectivity index is 1.61. The predicted molar refractivity (Wildman–Crippen MR) is 128 cm³/mol. The van der Waals surface area contributed by atoms with Crippen molar-refractivity contribution in [2.75, 3.05) is 0 Å². The van der Waals surface area contributed by atoms with E-state index in [0.717, 1.165) is 0 Å². The molecule has 0 nitrogen and oxygen atoms in total. The largest absolute Gasteiger partial charge is 0.141 e. The van der Waals surface area contributed by atoms with Crippen molar-refractivity contribution >= 4 is 30.5 Å². The molecule has 0 saturated heterocycles. The third-order valence-electron chi connectivity index (χ3n) is 5.94. The van der Waals surface area contributed by atoms with Crippen molar-refractivity contribution in [1.82, 2.24) is 0 Å². The topological polar surface area (TPSA) is 0 Å². The molecule has 0 atom stereocenters. The number of thiophene rings is 1. The minimum Gasteiger partial charge on any atom is -0.141 e. The second-order valence-electron chi connectivity index (χ2n) is 8.22. The lowest BCUT2D eigenvalue weighted by Gasteiger charge is -2.13. The highest BCUT2D eigenvalue weighted by atomic mass is 32.1. The van der Waals surface area contributed by atoms with E-state index in [9.17, 15) is 0 Å². The van der Waals surface area contributed by atoms with Crippen molar-refractivity contribution < 1.29 is 0 Å². The Morgan fingerprint density at radius 2 is 1.46 bits per heavy atom. The summed E-state index contributed by atoms with van der Waals surface area (Å²) in [5.41, 5.74) is 5.83. The number of hydrogen-bond acceptors (Lipinski definition) is 1. The molecule has 3 aromatic rings. The molecule has 0 amide bonds. The first-order chi connectivity index (χ1) is 13.7. The van der Waals surface area contributed by atoms with Gasteiger partial charge in [0.15, 0.2) is 0 Å². The van der Waals surface area contributed by atoms with Gasteiger partial charge >= 0.3 is 0 Å². The highest BCUT2D eigenvalue weighted by Gasteiger charge is 2.30. The SMILES string of the molecule is CCCCCCCC[Si]1c2cc(C)ccc2-c2ccc(-c3ccc(C)s3)cc21. The van der Waals surface area contributed by atoms with E-state index in [1.807, 2.05) is 11.3 Å². The number of hydrogen-bond donors (Lipinski definition) is 0. The summed E-state index contributed by atoms with van der Waals surface area (Å²) < 4.78 is 0.